The number of ether oxygens (including phenoxy) is 1. The van der Waals surface area contributed by atoms with Crippen LogP contribution in [0.4, 0.5) is 4.79 Å². The molecule has 0 saturated heterocycles. The van der Waals surface area contributed by atoms with Crippen LogP contribution in [0.2, 0.25) is 0 Å². The Morgan fingerprint density at radius 3 is 2.50 bits per heavy atom. The van der Waals surface area contributed by atoms with Gasteiger partial charge < -0.3 is 10.1 Å². The van der Waals surface area contributed by atoms with E-state index in [0.717, 1.165) is 0 Å². The highest BCUT2D eigenvalue weighted by molar-refractivity contribution is 7.86. The first-order valence-electron chi connectivity index (χ1n) is 5.99. The summed E-state index contributed by atoms with van der Waals surface area (Å²) in [6.07, 6.45) is 0.134. The number of hydrogen-bond acceptors (Lipinski definition) is 5. The Labute approximate surface area is 108 Å². The highest BCUT2D eigenvalue weighted by Crippen LogP contribution is 2.32. The maximum atomic E-state index is 11.4. The van der Waals surface area contributed by atoms with Gasteiger partial charge in [-0.25, -0.2) is 4.79 Å². The van der Waals surface area contributed by atoms with Crippen molar-refractivity contribution in [3.05, 3.63) is 0 Å². The molecular weight excluding hydrogens is 258 g/mol. The average Bonchev–Trinajstić information content (AvgIpc) is 2.77. The van der Waals surface area contributed by atoms with E-state index in [9.17, 15) is 13.2 Å². The van der Waals surface area contributed by atoms with Crippen molar-refractivity contribution in [2.24, 2.45) is 5.92 Å². The zero-order chi connectivity index (χ0) is 14.0. The molecular formula is C11H21NO5S. The second kappa shape index (κ2) is 5.44. The second-order valence-electron chi connectivity index (χ2n) is 5.38. The van der Waals surface area contributed by atoms with Crippen LogP contribution < -0.4 is 5.32 Å². The number of hydrogen-bond donors (Lipinski definition) is 1. The molecule has 2 atom stereocenters. The van der Waals surface area contributed by atoms with Crippen LogP contribution in [-0.4, -0.2) is 38.5 Å². The summed E-state index contributed by atoms with van der Waals surface area (Å²) in [5.41, 5.74) is -0.550. The Kier molecular flexibility index (Phi) is 4.61. The highest BCUT2D eigenvalue weighted by Gasteiger charge is 2.42. The largest absolute Gasteiger partial charge is 0.444 e. The molecule has 0 aromatic heterocycles. The van der Waals surface area contributed by atoms with Crippen LogP contribution >= 0.6 is 0 Å². The molecule has 0 aromatic carbocycles. The van der Waals surface area contributed by atoms with Crippen molar-refractivity contribution in [3.8, 4) is 0 Å². The van der Waals surface area contributed by atoms with Gasteiger partial charge in [-0.2, -0.15) is 8.42 Å². The minimum atomic E-state index is -3.46. The summed E-state index contributed by atoms with van der Waals surface area (Å²) in [5.74, 6) is -0.129. The summed E-state index contributed by atoms with van der Waals surface area (Å²) in [5, 5.41) is 2.64. The van der Waals surface area contributed by atoms with Gasteiger partial charge in [-0.1, -0.05) is 0 Å². The summed E-state index contributed by atoms with van der Waals surface area (Å²) in [4.78, 5) is 11.4. The molecule has 1 N–H and O–H groups in total. The first-order valence-corrected chi connectivity index (χ1v) is 7.57. The van der Waals surface area contributed by atoms with Crippen LogP contribution in [0.25, 0.3) is 0 Å². The van der Waals surface area contributed by atoms with E-state index < -0.39 is 21.8 Å². The maximum Gasteiger partial charge on any atom is 0.407 e. The van der Waals surface area contributed by atoms with Crippen LogP contribution in [-0.2, 0) is 19.0 Å². The van der Waals surface area contributed by atoms with E-state index in [4.69, 9.17) is 4.74 Å². The van der Waals surface area contributed by atoms with Crippen molar-refractivity contribution in [3.63, 3.8) is 0 Å². The molecule has 1 fully saturated rings. The van der Waals surface area contributed by atoms with Crippen molar-refractivity contribution in [1.82, 2.24) is 5.32 Å². The molecule has 2 unspecified atom stereocenters. The van der Waals surface area contributed by atoms with Gasteiger partial charge in [0.2, 0.25) is 0 Å². The van der Waals surface area contributed by atoms with Crippen molar-refractivity contribution in [2.75, 3.05) is 12.4 Å². The molecule has 0 radical (unpaired) electrons. The maximum absolute atomic E-state index is 11.4. The first kappa shape index (κ1) is 15.2. The Morgan fingerprint density at radius 2 is 2.00 bits per heavy atom. The Morgan fingerprint density at radius 1 is 1.39 bits per heavy atom. The molecule has 0 heterocycles. The van der Waals surface area contributed by atoms with Gasteiger partial charge in [0.1, 0.15) is 5.60 Å². The predicted molar refractivity (Wildman–Crippen MR) is 66.7 cm³/mol. The fourth-order valence-electron chi connectivity index (χ4n) is 1.56. The summed E-state index contributed by atoms with van der Waals surface area (Å²) in [6, 6.07) is -0.130. The number of amides is 1. The molecule has 18 heavy (non-hydrogen) atoms. The Hall–Kier alpha value is -0.820. The van der Waals surface area contributed by atoms with E-state index in [-0.39, 0.29) is 24.3 Å². The van der Waals surface area contributed by atoms with Crippen molar-refractivity contribution in [2.45, 2.75) is 45.8 Å². The first-order chi connectivity index (χ1) is 8.13. The third-order valence-corrected chi connectivity index (χ3v) is 3.77. The molecule has 1 amide bonds. The molecule has 0 aliphatic heterocycles. The third kappa shape index (κ3) is 5.68. The standard InChI is InChI=1S/C11H21NO5S/c1-5-16-18(14,15)7-8-6-9(8)12-10(13)17-11(2,3)4/h8-9H,5-7H2,1-4H3,(H,12,13). The molecule has 7 heteroatoms. The van der Waals surface area contributed by atoms with Gasteiger partial charge in [-0.3, -0.25) is 4.18 Å². The van der Waals surface area contributed by atoms with Crippen molar-refractivity contribution < 1.29 is 22.1 Å². The highest BCUT2D eigenvalue weighted by atomic mass is 32.2. The van der Waals surface area contributed by atoms with Gasteiger partial charge in [-0.05, 0) is 40.0 Å². The molecule has 1 aliphatic carbocycles. The van der Waals surface area contributed by atoms with Crippen LogP contribution in [0.1, 0.15) is 34.1 Å². The van der Waals surface area contributed by atoms with E-state index in [1.165, 1.54) is 0 Å². The number of rotatable bonds is 5. The van der Waals surface area contributed by atoms with Gasteiger partial charge in [0, 0.05) is 6.04 Å². The average molecular weight is 279 g/mol. The van der Waals surface area contributed by atoms with Crippen LogP contribution in [0.5, 0.6) is 0 Å². The monoisotopic (exact) mass is 279 g/mol. The quantitative estimate of drug-likeness (QED) is 0.766. The minimum Gasteiger partial charge on any atom is -0.444 e. The van der Waals surface area contributed by atoms with Gasteiger partial charge >= 0.3 is 6.09 Å². The van der Waals surface area contributed by atoms with Gasteiger partial charge in [0.25, 0.3) is 10.1 Å². The van der Waals surface area contributed by atoms with E-state index in [0.29, 0.717) is 6.42 Å². The van der Waals surface area contributed by atoms with E-state index >= 15 is 0 Å². The second-order valence-corrected chi connectivity index (χ2v) is 7.06. The minimum absolute atomic E-state index is 0.0543. The lowest BCUT2D eigenvalue weighted by molar-refractivity contribution is 0.0521. The summed E-state index contributed by atoms with van der Waals surface area (Å²) < 4.78 is 32.5. The normalized spacial score (nSPS) is 23.6. The third-order valence-electron chi connectivity index (χ3n) is 2.34. The van der Waals surface area contributed by atoms with Crippen molar-refractivity contribution in [1.29, 1.82) is 0 Å². The number of carbonyl (C=O) groups excluding carboxylic acids is 1. The zero-order valence-electron chi connectivity index (χ0n) is 11.2. The topological polar surface area (TPSA) is 81.7 Å². The fraction of sp³-hybridized carbons (Fsp3) is 0.909. The van der Waals surface area contributed by atoms with E-state index in [1.807, 2.05) is 0 Å². The number of nitrogens with one attached hydrogen (secondary N) is 1. The molecule has 0 aromatic rings. The molecule has 106 valence electrons. The molecule has 1 aliphatic rings. The fourth-order valence-corrected chi connectivity index (χ4v) is 2.91. The van der Waals surface area contributed by atoms with Crippen molar-refractivity contribution >= 4 is 16.2 Å². The molecule has 0 bridgehead atoms. The smallest absolute Gasteiger partial charge is 0.407 e. The lowest BCUT2D eigenvalue weighted by Crippen LogP contribution is -2.34. The SMILES string of the molecule is CCOS(=O)(=O)CC1CC1NC(=O)OC(C)(C)C. The van der Waals surface area contributed by atoms with Gasteiger partial charge in [0.15, 0.2) is 0 Å². The van der Waals surface area contributed by atoms with E-state index in [1.54, 1.807) is 27.7 Å². The van der Waals surface area contributed by atoms with Gasteiger partial charge in [0.05, 0.1) is 12.4 Å². The predicted octanol–water partition coefficient (Wildman–Crippen LogP) is 1.27. The lowest BCUT2D eigenvalue weighted by Gasteiger charge is -2.19. The summed E-state index contributed by atoms with van der Waals surface area (Å²) in [6.45, 7) is 7.09. The van der Waals surface area contributed by atoms with E-state index in [2.05, 4.69) is 9.50 Å². The summed E-state index contributed by atoms with van der Waals surface area (Å²) >= 11 is 0. The lowest BCUT2D eigenvalue weighted by atomic mass is 10.2. The van der Waals surface area contributed by atoms with Crippen LogP contribution in [0, 0.1) is 5.92 Å². The summed E-state index contributed by atoms with van der Waals surface area (Å²) in [7, 11) is -3.46. The Balaban J connectivity index is 2.32. The number of alkyl carbamates (subject to hydrolysis) is 1. The van der Waals surface area contributed by atoms with Crippen LogP contribution in [0.3, 0.4) is 0 Å². The molecule has 1 rings (SSSR count). The number of carbonyl (C=O) groups is 1. The molecule has 6 nitrogen and oxygen atoms in total. The molecule has 1 saturated carbocycles. The zero-order valence-corrected chi connectivity index (χ0v) is 12.0. The Bertz CT molecular complexity index is 398. The van der Waals surface area contributed by atoms with Gasteiger partial charge in [-0.15, -0.1) is 0 Å². The van der Waals surface area contributed by atoms with Crippen LogP contribution in [0.15, 0.2) is 0 Å². The molecule has 0 spiro atoms.